The smallest absolute Gasteiger partial charge is 0.250 e. The van der Waals surface area contributed by atoms with E-state index in [9.17, 15) is 0 Å². The first-order valence-electron chi connectivity index (χ1n) is 6.89. The summed E-state index contributed by atoms with van der Waals surface area (Å²) in [5, 5.41) is 8.06. The van der Waals surface area contributed by atoms with Gasteiger partial charge in [-0.05, 0) is 25.5 Å². The summed E-state index contributed by atoms with van der Waals surface area (Å²) in [5.41, 5.74) is 3.62. The third-order valence-electron chi connectivity index (χ3n) is 3.14. The zero-order valence-corrected chi connectivity index (χ0v) is 11.8. The van der Waals surface area contributed by atoms with Crippen LogP contribution in [0.3, 0.4) is 0 Å². The van der Waals surface area contributed by atoms with Crippen LogP contribution < -0.4 is 5.32 Å². The molecule has 1 N–H and O–H groups in total. The van der Waals surface area contributed by atoms with Crippen LogP contribution in [0.25, 0.3) is 5.95 Å². The number of nitrogens with zero attached hydrogens (tertiary/aromatic N) is 4. The average molecular weight is 259 g/mol. The minimum Gasteiger partial charge on any atom is -0.313 e. The van der Waals surface area contributed by atoms with Gasteiger partial charge in [0.15, 0.2) is 0 Å². The first kappa shape index (κ1) is 13.7. The van der Waals surface area contributed by atoms with E-state index < -0.39 is 0 Å². The zero-order valence-electron chi connectivity index (χ0n) is 11.8. The summed E-state index contributed by atoms with van der Waals surface area (Å²) in [5.74, 6) is 0.650. The van der Waals surface area contributed by atoms with Crippen LogP contribution in [0.15, 0.2) is 18.5 Å². The van der Waals surface area contributed by atoms with Crippen molar-refractivity contribution in [2.75, 3.05) is 6.54 Å². The van der Waals surface area contributed by atoms with E-state index >= 15 is 0 Å². The molecule has 0 saturated carbocycles. The number of hydrogen-bond acceptors (Lipinski definition) is 4. The van der Waals surface area contributed by atoms with Gasteiger partial charge in [-0.3, -0.25) is 0 Å². The van der Waals surface area contributed by atoms with Crippen molar-refractivity contribution in [1.29, 1.82) is 0 Å². The van der Waals surface area contributed by atoms with Crippen LogP contribution in [0, 0.1) is 0 Å². The van der Waals surface area contributed by atoms with Gasteiger partial charge in [-0.2, -0.15) is 5.10 Å². The van der Waals surface area contributed by atoms with E-state index in [-0.39, 0.29) is 0 Å². The van der Waals surface area contributed by atoms with Crippen LogP contribution in [-0.4, -0.2) is 26.3 Å². The molecule has 5 nitrogen and oxygen atoms in total. The fourth-order valence-electron chi connectivity index (χ4n) is 2.20. The van der Waals surface area contributed by atoms with Crippen molar-refractivity contribution >= 4 is 0 Å². The third-order valence-corrected chi connectivity index (χ3v) is 3.14. The van der Waals surface area contributed by atoms with Crippen molar-refractivity contribution in [2.45, 2.75) is 40.2 Å². The molecule has 0 fully saturated rings. The molecular formula is C14H21N5. The molecule has 0 amide bonds. The quantitative estimate of drug-likeness (QED) is 0.861. The van der Waals surface area contributed by atoms with Gasteiger partial charge in [0.2, 0.25) is 0 Å². The molecule has 2 rings (SSSR count). The minimum atomic E-state index is 0.650. The molecule has 0 aliphatic heterocycles. The molecule has 0 unspecified atom stereocenters. The Labute approximate surface area is 114 Å². The summed E-state index contributed by atoms with van der Waals surface area (Å²) in [7, 11) is 0. The van der Waals surface area contributed by atoms with Gasteiger partial charge < -0.3 is 5.32 Å². The molecule has 2 aromatic rings. The van der Waals surface area contributed by atoms with Gasteiger partial charge in [-0.15, -0.1) is 0 Å². The highest BCUT2D eigenvalue weighted by atomic mass is 15.4. The van der Waals surface area contributed by atoms with Crippen LogP contribution in [-0.2, 0) is 19.4 Å². The lowest BCUT2D eigenvalue weighted by atomic mass is 10.1. The molecule has 0 radical (unpaired) electrons. The van der Waals surface area contributed by atoms with Crippen LogP contribution >= 0.6 is 0 Å². The van der Waals surface area contributed by atoms with Crippen LogP contribution in [0.5, 0.6) is 0 Å². The Balaban J connectivity index is 2.47. The summed E-state index contributed by atoms with van der Waals surface area (Å²) in [6.07, 6.45) is 5.34. The Morgan fingerprint density at radius 1 is 1.11 bits per heavy atom. The molecule has 5 heteroatoms. The first-order valence-corrected chi connectivity index (χ1v) is 6.89. The summed E-state index contributed by atoms with van der Waals surface area (Å²) in [4.78, 5) is 8.59. The first-order chi connectivity index (χ1) is 9.31. The van der Waals surface area contributed by atoms with Gasteiger partial charge in [0.1, 0.15) is 0 Å². The lowest BCUT2D eigenvalue weighted by Gasteiger charge is -2.06. The molecule has 2 aromatic heterocycles. The van der Waals surface area contributed by atoms with Crippen molar-refractivity contribution in [2.24, 2.45) is 0 Å². The topological polar surface area (TPSA) is 55.6 Å². The number of aryl methyl sites for hydroxylation is 1. The van der Waals surface area contributed by atoms with Gasteiger partial charge in [-0.25, -0.2) is 14.6 Å². The Morgan fingerprint density at radius 3 is 2.42 bits per heavy atom. The Kier molecular flexibility index (Phi) is 4.63. The molecule has 0 saturated heterocycles. The van der Waals surface area contributed by atoms with Crippen LogP contribution in [0.1, 0.15) is 37.7 Å². The van der Waals surface area contributed by atoms with Gasteiger partial charge in [0.25, 0.3) is 5.95 Å². The highest BCUT2D eigenvalue weighted by Gasteiger charge is 2.17. The summed E-state index contributed by atoms with van der Waals surface area (Å²) in [6, 6.07) is 1.82. The second-order valence-corrected chi connectivity index (χ2v) is 4.32. The van der Waals surface area contributed by atoms with Crippen molar-refractivity contribution in [3.05, 3.63) is 35.4 Å². The number of hydrogen-bond donors (Lipinski definition) is 1. The van der Waals surface area contributed by atoms with E-state index in [0.717, 1.165) is 31.6 Å². The van der Waals surface area contributed by atoms with Gasteiger partial charge in [-0.1, -0.05) is 20.8 Å². The molecule has 0 aliphatic rings. The maximum atomic E-state index is 4.67. The summed E-state index contributed by atoms with van der Waals surface area (Å²) >= 11 is 0. The van der Waals surface area contributed by atoms with E-state index in [1.54, 1.807) is 12.4 Å². The van der Waals surface area contributed by atoms with Gasteiger partial charge in [0, 0.05) is 24.5 Å². The fourth-order valence-corrected chi connectivity index (χ4v) is 2.20. The van der Waals surface area contributed by atoms with Crippen molar-refractivity contribution in [3.8, 4) is 5.95 Å². The van der Waals surface area contributed by atoms with E-state index in [4.69, 9.17) is 0 Å². The largest absolute Gasteiger partial charge is 0.313 e. The number of rotatable bonds is 6. The second kappa shape index (κ2) is 6.43. The predicted octanol–water partition coefficient (Wildman–Crippen LogP) is 1.90. The normalized spacial score (nSPS) is 10.9. The second-order valence-electron chi connectivity index (χ2n) is 4.32. The Morgan fingerprint density at radius 2 is 1.84 bits per heavy atom. The van der Waals surface area contributed by atoms with Crippen LogP contribution in [0.4, 0.5) is 0 Å². The average Bonchev–Trinajstić information content (AvgIpc) is 2.83. The van der Waals surface area contributed by atoms with E-state index in [2.05, 4.69) is 41.2 Å². The molecule has 0 bridgehead atoms. The molecule has 2 heterocycles. The molecular weight excluding hydrogens is 238 g/mol. The SMILES string of the molecule is CCNCc1c(CC)nn(-c2ncccn2)c1CC. The molecule has 19 heavy (non-hydrogen) atoms. The standard InChI is InChI=1S/C14H21N5/c1-4-12-11(10-15-6-3)13(5-2)19(18-12)14-16-8-7-9-17-14/h7-9,15H,4-6,10H2,1-3H3. The molecule has 0 atom stereocenters. The maximum absolute atomic E-state index is 4.67. The number of nitrogens with one attached hydrogen (secondary N) is 1. The van der Waals surface area contributed by atoms with Gasteiger partial charge >= 0.3 is 0 Å². The monoisotopic (exact) mass is 259 g/mol. The summed E-state index contributed by atoms with van der Waals surface area (Å²) in [6.45, 7) is 8.20. The lowest BCUT2D eigenvalue weighted by molar-refractivity contribution is 0.709. The highest BCUT2D eigenvalue weighted by molar-refractivity contribution is 5.31. The zero-order chi connectivity index (χ0) is 13.7. The van der Waals surface area contributed by atoms with Crippen molar-refractivity contribution < 1.29 is 0 Å². The van der Waals surface area contributed by atoms with Crippen molar-refractivity contribution in [3.63, 3.8) is 0 Å². The van der Waals surface area contributed by atoms with Crippen LogP contribution in [0.2, 0.25) is 0 Å². The number of aromatic nitrogens is 4. The Hall–Kier alpha value is -1.75. The summed E-state index contributed by atoms with van der Waals surface area (Å²) < 4.78 is 1.88. The van der Waals surface area contributed by atoms with E-state index in [0.29, 0.717) is 5.95 Å². The minimum absolute atomic E-state index is 0.650. The third kappa shape index (κ3) is 2.81. The highest BCUT2D eigenvalue weighted by Crippen LogP contribution is 2.18. The maximum Gasteiger partial charge on any atom is 0.250 e. The molecule has 102 valence electrons. The predicted molar refractivity (Wildman–Crippen MR) is 75.3 cm³/mol. The van der Waals surface area contributed by atoms with E-state index in [1.165, 1.54) is 11.3 Å². The molecule has 0 aromatic carbocycles. The molecule has 0 aliphatic carbocycles. The lowest BCUT2D eigenvalue weighted by Crippen LogP contribution is -2.14. The van der Waals surface area contributed by atoms with Crippen molar-refractivity contribution in [1.82, 2.24) is 25.1 Å². The van der Waals surface area contributed by atoms with E-state index in [1.807, 2.05) is 10.7 Å². The molecule has 0 spiro atoms. The Bertz CT molecular complexity index is 518. The fraction of sp³-hybridized carbons (Fsp3) is 0.500. The van der Waals surface area contributed by atoms with Gasteiger partial charge in [0.05, 0.1) is 11.4 Å².